The zero-order valence-corrected chi connectivity index (χ0v) is 14.2. The monoisotopic (exact) mass is 341 g/mol. The van der Waals surface area contributed by atoms with Crippen LogP contribution in [-0.2, 0) is 6.54 Å². The van der Waals surface area contributed by atoms with Crippen LogP contribution in [0.1, 0.15) is 32.3 Å². The van der Waals surface area contributed by atoms with Gasteiger partial charge in [0.15, 0.2) is 11.5 Å². The maximum atomic E-state index is 5.80. The van der Waals surface area contributed by atoms with Crippen LogP contribution in [-0.4, -0.2) is 20.3 Å². The summed E-state index contributed by atoms with van der Waals surface area (Å²) in [6.45, 7) is 10.5. The molecule has 1 aromatic carbocycles. The Morgan fingerprint density at radius 3 is 2.75 bits per heavy atom. The molecule has 0 saturated carbocycles. The molecule has 112 valence electrons. The molecule has 0 atom stereocenters. The van der Waals surface area contributed by atoms with Gasteiger partial charge in [-0.2, -0.15) is 0 Å². The average Bonchev–Trinajstić information content (AvgIpc) is 2.40. The molecule has 1 N–H and O–H groups in total. The third-order valence-electron chi connectivity index (χ3n) is 2.82. The first kappa shape index (κ1) is 17.1. The summed E-state index contributed by atoms with van der Waals surface area (Å²) in [5, 5.41) is 3.38. The van der Waals surface area contributed by atoms with Crippen LogP contribution in [0.25, 0.3) is 0 Å². The molecule has 20 heavy (non-hydrogen) atoms. The van der Waals surface area contributed by atoms with Crippen molar-refractivity contribution < 1.29 is 9.47 Å². The van der Waals surface area contributed by atoms with Crippen LogP contribution in [0.5, 0.6) is 11.5 Å². The molecule has 0 heterocycles. The van der Waals surface area contributed by atoms with E-state index < -0.39 is 0 Å². The van der Waals surface area contributed by atoms with Gasteiger partial charge in [-0.1, -0.05) is 12.5 Å². The first-order valence-corrected chi connectivity index (χ1v) is 7.72. The van der Waals surface area contributed by atoms with Crippen molar-refractivity contribution in [2.45, 2.75) is 33.2 Å². The highest BCUT2D eigenvalue weighted by Crippen LogP contribution is 2.36. The first-order valence-electron chi connectivity index (χ1n) is 6.92. The van der Waals surface area contributed by atoms with Crippen LogP contribution in [0, 0.1) is 0 Å². The van der Waals surface area contributed by atoms with Gasteiger partial charge in [-0.05, 0) is 53.5 Å². The van der Waals surface area contributed by atoms with Gasteiger partial charge in [0.1, 0.15) is 0 Å². The van der Waals surface area contributed by atoms with Crippen LogP contribution < -0.4 is 14.8 Å². The highest BCUT2D eigenvalue weighted by molar-refractivity contribution is 9.10. The van der Waals surface area contributed by atoms with Gasteiger partial charge in [0.05, 0.1) is 18.2 Å². The Bertz CT molecular complexity index is 446. The molecule has 0 bridgehead atoms. The van der Waals surface area contributed by atoms with Crippen LogP contribution in [0.4, 0.5) is 0 Å². The van der Waals surface area contributed by atoms with Gasteiger partial charge in [0.2, 0.25) is 0 Å². The largest absolute Gasteiger partial charge is 0.493 e. The van der Waals surface area contributed by atoms with Gasteiger partial charge in [-0.25, -0.2) is 0 Å². The molecule has 0 fully saturated rings. The second-order valence-electron chi connectivity index (χ2n) is 4.84. The predicted molar refractivity (Wildman–Crippen MR) is 87.6 cm³/mol. The quantitative estimate of drug-likeness (QED) is 0.536. The van der Waals surface area contributed by atoms with Gasteiger partial charge in [0, 0.05) is 13.0 Å². The van der Waals surface area contributed by atoms with Gasteiger partial charge in [-0.3, -0.25) is 0 Å². The average molecular weight is 342 g/mol. The minimum Gasteiger partial charge on any atom is -0.493 e. The number of benzene rings is 1. The maximum Gasteiger partial charge on any atom is 0.175 e. The van der Waals surface area contributed by atoms with E-state index in [9.17, 15) is 0 Å². The lowest BCUT2D eigenvalue weighted by Gasteiger charge is -2.14. The summed E-state index contributed by atoms with van der Waals surface area (Å²) in [6, 6.07) is 4.09. The Kier molecular flexibility index (Phi) is 7.70. The predicted octanol–water partition coefficient (Wildman–Crippen LogP) is 4.30. The molecular weight excluding hydrogens is 318 g/mol. The van der Waals surface area contributed by atoms with Crippen molar-refractivity contribution in [3.05, 3.63) is 34.3 Å². The summed E-state index contributed by atoms with van der Waals surface area (Å²) in [4.78, 5) is 0. The number of ether oxygens (including phenoxy) is 2. The van der Waals surface area contributed by atoms with Crippen LogP contribution in [0.3, 0.4) is 0 Å². The third-order valence-corrected chi connectivity index (χ3v) is 3.41. The van der Waals surface area contributed by atoms with Crippen molar-refractivity contribution in [1.82, 2.24) is 5.32 Å². The van der Waals surface area contributed by atoms with E-state index in [0.29, 0.717) is 6.61 Å². The number of nitrogens with one attached hydrogen (secondary N) is 1. The van der Waals surface area contributed by atoms with Crippen LogP contribution in [0.15, 0.2) is 28.8 Å². The summed E-state index contributed by atoms with van der Waals surface area (Å²) in [6.07, 6.45) is 1.97. The fourth-order valence-corrected chi connectivity index (χ4v) is 2.36. The Morgan fingerprint density at radius 1 is 1.40 bits per heavy atom. The molecule has 3 nitrogen and oxygen atoms in total. The summed E-state index contributed by atoms with van der Waals surface area (Å²) in [7, 11) is 1.66. The van der Waals surface area contributed by atoms with Crippen molar-refractivity contribution >= 4 is 15.9 Å². The van der Waals surface area contributed by atoms with E-state index in [1.807, 2.05) is 13.0 Å². The SMILES string of the molecule is C=C(C)CCOc1c(Br)cc(CNCCC)cc1OC. The number of hydrogen-bond donors (Lipinski definition) is 1. The van der Waals surface area contributed by atoms with Gasteiger partial charge in [-0.15, -0.1) is 6.58 Å². The fourth-order valence-electron chi connectivity index (χ4n) is 1.75. The smallest absolute Gasteiger partial charge is 0.175 e. The lowest BCUT2D eigenvalue weighted by Crippen LogP contribution is -2.14. The normalized spacial score (nSPS) is 10.4. The molecule has 0 saturated heterocycles. The summed E-state index contributed by atoms with van der Waals surface area (Å²) >= 11 is 3.56. The topological polar surface area (TPSA) is 30.5 Å². The van der Waals surface area contributed by atoms with E-state index in [1.54, 1.807) is 7.11 Å². The highest BCUT2D eigenvalue weighted by Gasteiger charge is 2.11. The number of hydrogen-bond acceptors (Lipinski definition) is 3. The van der Waals surface area contributed by atoms with Gasteiger partial charge < -0.3 is 14.8 Å². The van der Waals surface area contributed by atoms with Crippen molar-refractivity contribution in [3.8, 4) is 11.5 Å². The zero-order valence-electron chi connectivity index (χ0n) is 12.6. The van der Waals surface area contributed by atoms with E-state index in [2.05, 4.69) is 40.8 Å². The zero-order chi connectivity index (χ0) is 15.0. The van der Waals surface area contributed by atoms with E-state index in [1.165, 1.54) is 5.56 Å². The third kappa shape index (κ3) is 5.55. The fraction of sp³-hybridized carbons (Fsp3) is 0.500. The van der Waals surface area contributed by atoms with Crippen LogP contribution >= 0.6 is 15.9 Å². The van der Waals surface area contributed by atoms with Gasteiger partial charge in [0.25, 0.3) is 0 Å². The molecule has 0 aliphatic rings. The molecule has 0 spiro atoms. The van der Waals surface area contributed by atoms with Crippen molar-refractivity contribution in [1.29, 1.82) is 0 Å². The maximum absolute atomic E-state index is 5.80. The molecule has 0 unspecified atom stereocenters. The lowest BCUT2D eigenvalue weighted by atomic mass is 10.2. The standard InChI is InChI=1S/C16H24BrNO2/c1-5-7-18-11-13-9-14(17)16(15(10-13)19-4)20-8-6-12(2)3/h9-10,18H,2,5-8,11H2,1,3-4H3. The summed E-state index contributed by atoms with van der Waals surface area (Å²) in [5.74, 6) is 1.52. The van der Waals surface area contributed by atoms with Crippen molar-refractivity contribution in [3.63, 3.8) is 0 Å². The second kappa shape index (κ2) is 9.03. The molecule has 0 aromatic heterocycles. The summed E-state index contributed by atoms with van der Waals surface area (Å²) in [5.41, 5.74) is 2.29. The second-order valence-corrected chi connectivity index (χ2v) is 5.70. The Balaban J connectivity index is 2.76. The molecule has 0 radical (unpaired) electrons. The molecular formula is C16H24BrNO2. The lowest BCUT2D eigenvalue weighted by molar-refractivity contribution is 0.295. The molecule has 1 aromatic rings. The minimum atomic E-state index is 0.609. The number of methoxy groups -OCH3 is 1. The molecule has 0 aliphatic carbocycles. The Morgan fingerprint density at radius 2 is 2.15 bits per heavy atom. The number of rotatable bonds is 9. The van der Waals surface area contributed by atoms with E-state index in [0.717, 1.165) is 47.5 Å². The van der Waals surface area contributed by atoms with E-state index in [4.69, 9.17) is 9.47 Å². The molecule has 0 amide bonds. The van der Waals surface area contributed by atoms with Gasteiger partial charge >= 0.3 is 0 Å². The van der Waals surface area contributed by atoms with Crippen molar-refractivity contribution in [2.24, 2.45) is 0 Å². The van der Waals surface area contributed by atoms with E-state index in [-0.39, 0.29) is 0 Å². The Labute approximate surface area is 130 Å². The number of halogens is 1. The molecule has 1 rings (SSSR count). The summed E-state index contributed by atoms with van der Waals surface area (Å²) < 4.78 is 12.1. The minimum absolute atomic E-state index is 0.609. The first-order chi connectivity index (χ1) is 9.58. The molecule has 0 aliphatic heterocycles. The molecule has 4 heteroatoms. The van der Waals surface area contributed by atoms with Crippen LogP contribution in [0.2, 0.25) is 0 Å². The Hall–Kier alpha value is -1.00. The highest BCUT2D eigenvalue weighted by atomic mass is 79.9. The van der Waals surface area contributed by atoms with Crippen molar-refractivity contribution in [2.75, 3.05) is 20.3 Å². The van der Waals surface area contributed by atoms with E-state index >= 15 is 0 Å².